The van der Waals surface area contributed by atoms with Crippen molar-refractivity contribution in [3.8, 4) is 5.75 Å². The molecule has 0 saturated carbocycles. The van der Waals surface area contributed by atoms with Crippen LogP contribution in [0.1, 0.15) is 26.3 Å². The number of primary amides is 1. The molecule has 0 unspecified atom stereocenters. The van der Waals surface area contributed by atoms with Crippen molar-refractivity contribution in [1.82, 2.24) is 4.72 Å². The summed E-state index contributed by atoms with van der Waals surface area (Å²) in [6, 6.07) is 18.7. The van der Waals surface area contributed by atoms with Gasteiger partial charge in [0.25, 0.3) is 0 Å². The topological polar surface area (TPSA) is 98.5 Å². The molecule has 0 aliphatic carbocycles. The quantitative estimate of drug-likeness (QED) is 0.622. The number of benzene rings is 3. The van der Waals surface area contributed by atoms with Gasteiger partial charge in [-0.25, -0.2) is 8.42 Å². The number of hydrogen-bond acceptors (Lipinski definition) is 4. The van der Waals surface area contributed by atoms with Crippen LogP contribution in [0.5, 0.6) is 5.75 Å². The van der Waals surface area contributed by atoms with E-state index in [0.717, 1.165) is 0 Å². The Bertz CT molecular complexity index is 1140. The Morgan fingerprint density at radius 2 is 1.55 bits per heavy atom. The summed E-state index contributed by atoms with van der Waals surface area (Å²) in [5.74, 6) is -0.202. The SMILES string of the molecule is CC(C)Oc1ccc(S(=O)(=O)N[C@](C)(C(N)=O)c2ccccc2)c2ccccc12. The zero-order valence-corrected chi connectivity index (χ0v) is 17.4. The molecule has 3 aromatic carbocycles. The second kappa shape index (κ2) is 7.85. The van der Waals surface area contributed by atoms with E-state index in [0.29, 0.717) is 22.1 Å². The van der Waals surface area contributed by atoms with E-state index >= 15 is 0 Å². The van der Waals surface area contributed by atoms with Gasteiger partial charge < -0.3 is 10.5 Å². The summed E-state index contributed by atoms with van der Waals surface area (Å²) < 4.78 is 35.0. The molecule has 0 spiro atoms. The average molecular weight is 413 g/mol. The summed E-state index contributed by atoms with van der Waals surface area (Å²) >= 11 is 0. The number of nitrogens with one attached hydrogen (secondary N) is 1. The molecule has 1 amide bonds. The number of fused-ring (bicyclic) bond motifs is 1. The molecule has 7 heteroatoms. The minimum atomic E-state index is -4.09. The van der Waals surface area contributed by atoms with Crippen molar-refractivity contribution in [3.05, 3.63) is 72.3 Å². The van der Waals surface area contributed by atoms with Gasteiger partial charge in [0.15, 0.2) is 0 Å². The molecule has 6 nitrogen and oxygen atoms in total. The Morgan fingerprint density at radius 1 is 0.966 bits per heavy atom. The zero-order chi connectivity index (χ0) is 21.2. The first-order valence-electron chi connectivity index (χ1n) is 9.23. The van der Waals surface area contributed by atoms with Gasteiger partial charge >= 0.3 is 0 Å². The van der Waals surface area contributed by atoms with E-state index in [4.69, 9.17) is 10.5 Å². The smallest absolute Gasteiger partial charge is 0.243 e. The maximum absolute atomic E-state index is 13.3. The van der Waals surface area contributed by atoms with Gasteiger partial charge in [0.05, 0.1) is 11.0 Å². The molecular formula is C22H24N2O4S. The van der Waals surface area contributed by atoms with E-state index in [2.05, 4.69) is 4.72 Å². The van der Waals surface area contributed by atoms with Gasteiger partial charge in [0.1, 0.15) is 11.3 Å². The molecule has 0 fully saturated rings. The molecule has 0 heterocycles. The van der Waals surface area contributed by atoms with Gasteiger partial charge in [-0.1, -0.05) is 54.6 Å². The minimum absolute atomic E-state index is 0.0487. The lowest BCUT2D eigenvalue weighted by Crippen LogP contribution is -2.52. The molecule has 152 valence electrons. The summed E-state index contributed by atoms with van der Waals surface area (Å²) in [5, 5.41) is 1.17. The maximum Gasteiger partial charge on any atom is 0.243 e. The molecule has 0 radical (unpaired) electrons. The molecule has 0 saturated heterocycles. The number of carbonyl (C=O) groups is 1. The highest BCUT2D eigenvalue weighted by molar-refractivity contribution is 7.89. The maximum atomic E-state index is 13.3. The van der Waals surface area contributed by atoms with E-state index in [1.165, 1.54) is 13.0 Å². The number of hydrogen-bond donors (Lipinski definition) is 2. The third-order valence-electron chi connectivity index (χ3n) is 4.68. The third-order valence-corrected chi connectivity index (χ3v) is 6.29. The van der Waals surface area contributed by atoms with Gasteiger partial charge in [0, 0.05) is 10.8 Å². The van der Waals surface area contributed by atoms with Crippen LogP contribution in [0.25, 0.3) is 10.8 Å². The van der Waals surface area contributed by atoms with Crippen molar-refractivity contribution in [2.24, 2.45) is 5.73 Å². The predicted octanol–water partition coefficient (Wildman–Crippen LogP) is 3.31. The summed E-state index contributed by atoms with van der Waals surface area (Å²) in [7, 11) is -4.09. The van der Waals surface area contributed by atoms with Crippen LogP contribution in [-0.2, 0) is 20.4 Å². The summed E-state index contributed by atoms with van der Waals surface area (Å²) in [6.45, 7) is 5.26. The Labute approximate surface area is 170 Å². The monoisotopic (exact) mass is 412 g/mol. The fraction of sp³-hybridized carbons (Fsp3) is 0.227. The minimum Gasteiger partial charge on any atom is -0.490 e. The van der Waals surface area contributed by atoms with Crippen molar-refractivity contribution in [3.63, 3.8) is 0 Å². The van der Waals surface area contributed by atoms with Gasteiger partial charge in [0.2, 0.25) is 15.9 Å². The zero-order valence-electron chi connectivity index (χ0n) is 16.5. The van der Waals surface area contributed by atoms with Crippen LogP contribution in [0.2, 0.25) is 0 Å². The summed E-state index contributed by atoms with van der Waals surface area (Å²) in [5.41, 5.74) is 4.45. The molecule has 3 aromatic rings. The second-order valence-corrected chi connectivity index (χ2v) is 8.89. The first-order valence-corrected chi connectivity index (χ1v) is 10.7. The van der Waals surface area contributed by atoms with Crippen LogP contribution < -0.4 is 15.2 Å². The second-order valence-electron chi connectivity index (χ2n) is 7.23. The molecular weight excluding hydrogens is 388 g/mol. The number of carbonyl (C=O) groups excluding carboxylic acids is 1. The fourth-order valence-corrected chi connectivity index (χ4v) is 4.76. The van der Waals surface area contributed by atoms with E-state index in [9.17, 15) is 13.2 Å². The lowest BCUT2D eigenvalue weighted by atomic mass is 9.93. The van der Waals surface area contributed by atoms with Gasteiger partial charge in [-0.2, -0.15) is 4.72 Å². The first kappa shape index (κ1) is 20.8. The van der Waals surface area contributed by atoms with Gasteiger partial charge in [-0.05, 0) is 38.5 Å². The third kappa shape index (κ3) is 4.11. The van der Waals surface area contributed by atoms with E-state index in [-0.39, 0.29) is 11.0 Å². The van der Waals surface area contributed by atoms with Crippen molar-refractivity contribution in [2.75, 3.05) is 0 Å². The molecule has 1 atom stereocenters. The number of sulfonamides is 1. The van der Waals surface area contributed by atoms with Crippen LogP contribution >= 0.6 is 0 Å². The van der Waals surface area contributed by atoms with Crippen molar-refractivity contribution in [2.45, 2.75) is 37.3 Å². The summed E-state index contributed by atoms with van der Waals surface area (Å²) in [4.78, 5) is 12.3. The summed E-state index contributed by atoms with van der Waals surface area (Å²) in [6.07, 6.45) is -0.0600. The van der Waals surface area contributed by atoms with Crippen LogP contribution in [0.15, 0.2) is 71.6 Å². The highest BCUT2D eigenvalue weighted by atomic mass is 32.2. The molecule has 0 aliphatic heterocycles. The van der Waals surface area contributed by atoms with Crippen molar-refractivity contribution in [1.29, 1.82) is 0 Å². The van der Waals surface area contributed by atoms with Crippen LogP contribution in [-0.4, -0.2) is 20.4 Å². The standard InChI is InChI=1S/C22H24N2O4S/c1-15(2)28-19-13-14-20(18-12-8-7-11-17(18)19)29(26,27)24-22(3,21(23)25)16-9-5-4-6-10-16/h4-15,24H,1-3H3,(H2,23,25)/t22-/m0/s1. The van der Waals surface area contributed by atoms with Gasteiger partial charge in [-0.15, -0.1) is 0 Å². The predicted molar refractivity (Wildman–Crippen MR) is 113 cm³/mol. The molecule has 29 heavy (non-hydrogen) atoms. The first-order chi connectivity index (χ1) is 13.6. The van der Waals surface area contributed by atoms with Crippen LogP contribution in [0.3, 0.4) is 0 Å². The average Bonchev–Trinajstić information content (AvgIpc) is 2.68. The van der Waals surface area contributed by atoms with Gasteiger partial charge in [-0.3, -0.25) is 4.79 Å². The molecule has 3 rings (SSSR count). The largest absolute Gasteiger partial charge is 0.490 e. The molecule has 3 N–H and O–H groups in total. The Morgan fingerprint density at radius 3 is 2.14 bits per heavy atom. The van der Waals surface area contributed by atoms with E-state index in [1.54, 1.807) is 54.6 Å². The van der Waals surface area contributed by atoms with Crippen LogP contribution in [0.4, 0.5) is 0 Å². The molecule has 0 bridgehead atoms. The highest BCUT2D eigenvalue weighted by Crippen LogP contribution is 2.33. The van der Waals surface area contributed by atoms with Crippen molar-refractivity contribution < 1.29 is 17.9 Å². The normalized spacial score (nSPS) is 13.9. The number of rotatable bonds is 7. The molecule has 0 aliphatic rings. The van der Waals surface area contributed by atoms with Crippen molar-refractivity contribution >= 4 is 26.7 Å². The number of nitrogens with two attached hydrogens (primary N) is 1. The lowest BCUT2D eigenvalue weighted by Gasteiger charge is -2.28. The molecule has 0 aromatic heterocycles. The number of amides is 1. The Balaban J connectivity index is 2.12. The van der Waals surface area contributed by atoms with E-state index < -0.39 is 21.5 Å². The Kier molecular flexibility index (Phi) is 5.64. The number of ether oxygens (including phenoxy) is 1. The fourth-order valence-electron chi connectivity index (χ4n) is 3.18. The lowest BCUT2D eigenvalue weighted by molar-refractivity contribution is -0.123. The Hall–Kier alpha value is -2.90. The highest BCUT2D eigenvalue weighted by Gasteiger charge is 2.38. The van der Waals surface area contributed by atoms with Crippen LogP contribution in [0, 0.1) is 0 Å². The van der Waals surface area contributed by atoms with E-state index in [1.807, 2.05) is 19.9 Å².